The van der Waals surface area contributed by atoms with Gasteiger partial charge in [0, 0.05) is 3.92 Å². The number of hydrogen-bond acceptors (Lipinski definition) is 3. The molecule has 0 N–H and O–H groups in total. The third-order valence-electron chi connectivity index (χ3n) is 10.9. The maximum atomic E-state index is 11.1. The van der Waals surface area contributed by atoms with E-state index < -0.39 is 5.09 Å². The predicted octanol–water partition coefficient (Wildman–Crippen LogP) is 8.39. The Morgan fingerprint density at radius 2 is 1.69 bits per heavy atom. The molecule has 4 fully saturated rings. The molecule has 4 nitrogen and oxygen atoms in total. The molecule has 0 amide bonds. The van der Waals surface area contributed by atoms with Crippen LogP contribution in [0.3, 0.4) is 0 Å². The van der Waals surface area contributed by atoms with E-state index in [2.05, 4.69) is 43.4 Å². The number of fused-ring (bicyclic) bond motifs is 5. The van der Waals surface area contributed by atoms with Gasteiger partial charge in [-0.1, -0.05) is 81.9 Å². The van der Waals surface area contributed by atoms with Gasteiger partial charge in [0.25, 0.3) is 5.09 Å². The summed E-state index contributed by atoms with van der Waals surface area (Å²) in [4.78, 5) is 16.3. The molecule has 0 aliphatic heterocycles. The molecule has 0 aromatic carbocycles. The van der Waals surface area contributed by atoms with E-state index in [-0.39, 0.29) is 15.4 Å². The summed E-state index contributed by atoms with van der Waals surface area (Å²) in [5.74, 6) is 4.12. The second-order valence-corrected chi connectivity index (χ2v) is 14.0. The zero-order chi connectivity index (χ0) is 22.9. The number of nitrogens with zero attached hydrogens (tertiary/aromatic N) is 1. The monoisotopic (exact) mass is 559 g/mol. The second kappa shape index (κ2) is 10.3. The molecule has 0 heterocycles. The molecule has 4 saturated carbocycles. The second-order valence-electron chi connectivity index (χ2n) is 12.4. The first-order valence-electron chi connectivity index (χ1n) is 13.7. The Morgan fingerprint density at radius 1 is 0.969 bits per heavy atom. The minimum atomic E-state index is -0.540. The highest BCUT2D eigenvalue weighted by Gasteiger charge is 2.61. The lowest BCUT2D eigenvalue weighted by Gasteiger charge is -2.61. The van der Waals surface area contributed by atoms with Gasteiger partial charge in [-0.15, -0.1) is 10.1 Å². The van der Waals surface area contributed by atoms with Crippen molar-refractivity contribution in [3.05, 3.63) is 10.1 Å². The highest BCUT2D eigenvalue weighted by molar-refractivity contribution is 14.1. The Kier molecular flexibility index (Phi) is 8.04. The van der Waals surface area contributed by atoms with Crippen LogP contribution in [-0.2, 0) is 4.84 Å². The number of alkyl halides is 1. The van der Waals surface area contributed by atoms with Crippen LogP contribution in [0.2, 0.25) is 0 Å². The predicted molar refractivity (Wildman–Crippen MR) is 138 cm³/mol. The molecular formula is C27H46INO3. The normalized spacial score (nSPS) is 45.6. The molecule has 9 atom stereocenters. The Labute approximate surface area is 209 Å². The third-order valence-corrected chi connectivity index (χ3v) is 12.3. The summed E-state index contributed by atoms with van der Waals surface area (Å²) < 4.78 is 0.273. The van der Waals surface area contributed by atoms with E-state index >= 15 is 0 Å². The molecule has 0 radical (unpaired) electrons. The first-order valence-corrected chi connectivity index (χ1v) is 15.0. The van der Waals surface area contributed by atoms with Gasteiger partial charge in [0.15, 0.2) is 0 Å². The SMILES string of the molecule is CCCCCCCCC1CCC2C3CC[C@H]4C[C@H](I)[C@@H](O[N+](=O)[O-])C[C@]4(C)C3CC[C@]12C. The third kappa shape index (κ3) is 4.71. The van der Waals surface area contributed by atoms with Gasteiger partial charge in [-0.2, -0.15) is 0 Å². The van der Waals surface area contributed by atoms with Crippen molar-refractivity contribution in [3.63, 3.8) is 0 Å². The molecule has 0 spiro atoms. The Bertz CT molecular complexity index is 659. The van der Waals surface area contributed by atoms with Gasteiger partial charge in [-0.3, -0.25) is 0 Å². The highest BCUT2D eigenvalue weighted by atomic mass is 127. The number of hydrogen-bond donors (Lipinski definition) is 0. The number of unbranched alkanes of at least 4 members (excludes halogenated alkanes) is 5. The van der Waals surface area contributed by atoms with Crippen molar-refractivity contribution in [1.29, 1.82) is 0 Å². The first kappa shape index (κ1) is 25.0. The van der Waals surface area contributed by atoms with Crippen molar-refractivity contribution >= 4 is 22.6 Å². The van der Waals surface area contributed by atoms with E-state index in [0.29, 0.717) is 5.41 Å². The zero-order valence-electron chi connectivity index (χ0n) is 20.7. The van der Waals surface area contributed by atoms with Gasteiger partial charge in [0.05, 0.1) is 0 Å². The summed E-state index contributed by atoms with van der Waals surface area (Å²) in [6.45, 7) is 7.43. The average Bonchev–Trinajstić information content (AvgIpc) is 3.07. The minimum Gasteiger partial charge on any atom is -0.309 e. The molecule has 4 unspecified atom stereocenters. The van der Waals surface area contributed by atoms with E-state index in [1.807, 2.05) is 0 Å². The van der Waals surface area contributed by atoms with Crippen LogP contribution < -0.4 is 0 Å². The van der Waals surface area contributed by atoms with Crippen molar-refractivity contribution in [3.8, 4) is 0 Å². The van der Waals surface area contributed by atoms with Gasteiger partial charge in [-0.25, -0.2) is 0 Å². The minimum absolute atomic E-state index is 0.219. The molecule has 0 bridgehead atoms. The largest absolute Gasteiger partial charge is 0.309 e. The highest BCUT2D eigenvalue weighted by Crippen LogP contribution is 2.68. The van der Waals surface area contributed by atoms with Crippen LogP contribution in [0.5, 0.6) is 0 Å². The fraction of sp³-hybridized carbons (Fsp3) is 1.00. The maximum Gasteiger partial charge on any atom is 0.294 e. The van der Waals surface area contributed by atoms with Crippen LogP contribution in [0.4, 0.5) is 0 Å². The molecule has 0 aromatic rings. The molecule has 184 valence electrons. The van der Waals surface area contributed by atoms with Crippen molar-refractivity contribution in [2.45, 2.75) is 127 Å². The quantitative estimate of drug-likeness (QED) is 0.0937. The van der Waals surface area contributed by atoms with Crippen molar-refractivity contribution < 1.29 is 9.92 Å². The molecule has 32 heavy (non-hydrogen) atoms. The first-order chi connectivity index (χ1) is 15.3. The Balaban J connectivity index is 1.40. The summed E-state index contributed by atoms with van der Waals surface area (Å²) in [6.07, 6.45) is 20.0. The summed E-state index contributed by atoms with van der Waals surface area (Å²) in [5.41, 5.74) is 0.773. The van der Waals surface area contributed by atoms with Gasteiger partial charge in [0.2, 0.25) is 0 Å². The van der Waals surface area contributed by atoms with Gasteiger partial charge in [0.1, 0.15) is 6.10 Å². The summed E-state index contributed by atoms with van der Waals surface area (Å²) in [7, 11) is 0. The van der Waals surface area contributed by atoms with Gasteiger partial charge < -0.3 is 4.84 Å². The van der Waals surface area contributed by atoms with Crippen LogP contribution >= 0.6 is 22.6 Å². The smallest absolute Gasteiger partial charge is 0.294 e. The van der Waals surface area contributed by atoms with E-state index in [1.54, 1.807) is 0 Å². The van der Waals surface area contributed by atoms with Crippen molar-refractivity contribution in [1.82, 2.24) is 0 Å². The fourth-order valence-electron chi connectivity index (χ4n) is 9.19. The molecule has 4 rings (SSSR count). The van der Waals surface area contributed by atoms with Crippen molar-refractivity contribution in [2.75, 3.05) is 0 Å². The van der Waals surface area contributed by atoms with Crippen LogP contribution in [0, 0.1) is 50.5 Å². The Hall–Kier alpha value is -0.0700. The molecule has 0 saturated heterocycles. The lowest BCUT2D eigenvalue weighted by Crippen LogP contribution is -2.56. The number of rotatable bonds is 9. The number of halogens is 1. The molecule has 4 aliphatic rings. The summed E-state index contributed by atoms with van der Waals surface area (Å²) >= 11 is 2.42. The van der Waals surface area contributed by atoms with Crippen molar-refractivity contribution in [2.24, 2.45) is 40.4 Å². The van der Waals surface area contributed by atoms with Crippen LogP contribution in [0.25, 0.3) is 0 Å². The molecule has 5 heteroatoms. The Morgan fingerprint density at radius 3 is 2.44 bits per heavy atom. The topological polar surface area (TPSA) is 52.4 Å². The maximum absolute atomic E-state index is 11.1. The van der Waals surface area contributed by atoms with Gasteiger partial charge in [-0.05, 0) is 98.2 Å². The average molecular weight is 560 g/mol. The van der Waals surface area contributed by atoms with Gasteiger partial charge >= 0.3 is 0 Å². The zero-order valence-corrected chi connectivity index (χ0v) is 22.9. The lowest BCUT2D eigenvalue weighted by atomic mass is 9.44. The van der Waals surface area contributed by atoms with Crippen LogP contribution in [0.15, 0.2) is 0 Å². The summed E-state index contributed by atoms with van der Waals surface area (Å²) in [6, 6.07) is 0. The van der Waals surface area contributed by atoms with E-state index in [4.69, 9.17) is 4.84 Å². The summed E-state index contributed by atoms with van der Waals surface area (Å²) in [5, 5.41) is 10.6. The molecule has 0 aromatic heterocycles. The van der Waals surface area contributed by atoms with E-state index in [9.17, 15) is 10.1 Å². The lowest BCUT2D eigenvalue weighted by molar-refractivity contribution is -0.769. The van der Waals surface area contributed by atoms with E-state index in [1.165, 1.54) is 83.5 Å². The van der Waals surface area contributed by atoms with E-state index in [0.717, 1.165) is 42.4 Å². The fourth-order valence-corrected chi connectivity index (χ4v) is 10.2. The molecule has 4 aliphatic carbocycles. The molecular weight excluding hydrogens is 513 g/mol. The van der Waals surface area contributed by atoms with Crippen LogP contribution in [0.1, 0.15) is 117 Å². The van der Waals surface area contributed by atoms with Crippen LogP contribution in [-0.4, -0.2) is 15.1 Å². The standard InChI is InChI=1S/C27H46INO3/c1-4-5-6-7-8-9-10-19-12-14-22-21-13-11-20-17-24(28)25(32-29(30)31)18-27(20,3)23(21)15-16-26(19,22)2/h19-25H,4-18H2,1-3H3/t19?,20-,21?,22?,23?,24-,25-,26+,27-/m0/s1.